The molecule has 0 radical (unpaired) electrons. The van der Waals surface area contributed by atoms with Crippen molar-refractivity contribution in [2.24, 2.45) is 0 Å². The lowest BCUT2D eigenvalue weighted by atomic mass is 10.0. The van der Waals surface area contributed by atoms with Crippen LogP contribution in [0.25, 0.3) is 11.0 Å². The van der Waals surface area contributed by atoms with Crippen LogP contribution in [0.3, 0.4) is 0 Å². The van der Waals surface area contributed by atoms with E-state index < -0.39 is 5.63 Å². The summed E-state index contributed by atoms with van der Waals surface area (Å²) >= 11 is 1.88. The zero-order valence-corrected chi connectivity index (χ0v) is 19.6. The number of Topliss-reactive ketones (excluding diaryl/α,β-unsaturated/α-hetero) is 1. The summed E-state index contributed by atoms with van der Waals surface area (Å²) in [6.45, 7) is 0.388. The van der Waals surface area contributed by atoms with Crippen LogP contribution in [0.5, 0.6) is 5.75 Å². The number of aromatic hydroxyl groups is 1. The molecular formula is C24H29N3O6S. The number of fused-ring (bicyclic) bond motifs is 2. The van der Waals surface area contributed by atoms with Crippen LogP contribution in [0.1, 0.15) is 44.1 Å². The minimum atomic E-state index is -0.581. The Morgan fingerprint density at radius 3 is 2.79 bits per heavy atom. The highest BCUT2D eigenvalue weighted by Crippen LogP contribution is 2.33. The molecule has 2 aliphatic rings. The number of hydrogen-bond donors (Lipinski definition) is 4. The summed E-state index contributed by atoms with van der Waals surface area (Å²) in [6.07, 6.45) is 4.30. The highest BCUT2D eigenvalue weighted by atomic mass is 32.2. The first-order chi connectivity index (χ1) is 16.4. The number of unbranched alkanes of at least 4 members (excludes halogenated alkanes) is 1. The van der Waals surface area contributed by atoms with E-state index >= 15 is 0 Å². The predicted molar refractivity (Wildman–Crippen MR) is 129 cm³/mol. The fourth-order valence-electron chi connectivity index (χ4n) is 4.55. The van der Waals surface area contributed by atoms with E-state index in [-0.39, 0.29) is 47.6 Å². The van der Waals surface area contributed by atoms with E-state index in [0.717, 1.165) is 25.0 Å². The van der Waals surface area contributed by atoms with Gasteiger partial charge in [0.2, 0.25) is 5.91 Å². The lowest BCUT2D eigenvalue weighted by molar-refractivity contribution is -0.121. The lowest BCUT2D eigenvalue weighted by Crippen LogP contribution is -2.36. The number of phenolic OH excluding ortho intramolecular Hbond substituents is 1. The molecule has 2 aliphatic heterocycles. The van der Waals surface area contributed by atoms with E-state index in [1.165, 1.54) is 18.2 Å². The van der Waals surface area contributed by atoms with Crippen LogP contribution < -0.4 is 21.6 Å². The van der Waals surface area contributed by atoms with Gasteiger partial charge >= 0.3 is 11.7 Å². The lowest BCUT2D eigenvalue weighted by Gasteiger charge is -2.16. The largest absolute Gasteiger partial charge is 0.508 e. The Morgan fingerprint density at radius 1 is 1.12 bits per heavy atom. The first-order valence-corrected chi connectivity index (χ1v) is 12.7. The number of nitrogens with one attached hydrogen (secondary N) is 3. The van der Waals surface area contributed by atoms with E-state index in [0.29, 0.717) is 42.0 Å². The summed E-state index contributed by atoms with van der Waals surface area (Å²) in [4.78, 5) is 47.6. The summed E-state index contributed by atoms with van der Waals surface area (Å²) in [7, 11) is 0. The van der Waals surface area contributed by atoms with E-state index in [1.54, 1.807) is 6.07 Å². The van der Waals surface area contributed by atoms with Crippen LogP contribution in [0.2, 0.25) is 0 Å². The number of hydrogen-bond acceptors (Lipinski definition) is 7. The molecule has 10 heteroatoms. The maximum Gasteiger partial charge on any atom is 0.336 e. The summed E-state index contributed by atoms with van der Waals surface area (Å²) in [5.74, 6) is 0.866. The number of benzene rings is 1. The van der Waals surface area contributed by atoms with Crippen molar-refractivity contribution in [2.45, 2.75) is 62.3 Å². The topological polar surface area (TPSA) is 138 Å². The molecule has 3 unspecified atom stereocenters. The number of carbonyl (C=O) groups is 3. The molecule has 0 aliphatic carbocycles. The third kappa shape index (κ3) is 6.11. The van der Waals surface area contributed by atoms with Crippen molar-refractivity contribution in [3.63, 3.8) is 0 Å². The number of ketones is 1. The van der Waals surface area contributed by atoms with E-state index in [4.69, 9.17) is 4.42 Å². The molecule has 9 nitrogen and oxygen atoms in total. The molecule has 2 aromatic rings. The molecular weight excluding hydrogens is 458 g/mol. The van der Waals surface area contributed by atoms with Gasteiger partial charge < -0.3 is 25.5 Å². The van der Waals surface area contributed by atoms with Crippen LogP contribution in [0.15, 0.2) is 33.5 Å². The molecule has 2 fully saturated rings. The van der Waals surface area contributed by atoms with E-state index in [2.05, 4.69) is 16.0 Å². The second-order valence-electron chi connectivity index (χ2n) is 8.81. The normalized spacial score (nSPS) is 21.2. The number of carbonyl (C=O) groups excluding carboxylic acids is 3. The molecule has 3 amide bonds. The van der Waals surface area contributed by atoms with E-state index in [9.17, 15) is 24.3 Å². The molecule has 182 valence electrons. The van der Waals surface area contributed by atoms with Gasteiger partial charge in [0.15, 0.2) is 0 Å². The Hall–Kier alpha value is -3.01. The van der Waals surface area contributed by atoms with Crippen molar-refractivity contribution in [1.82, 2.24) is 16.0 Å². The van der Waals surface area contributed by atoms with Gasteiger partial charge in [-0.3, -0.25) is 9.59 Å². The predicted octanol–water partition coefficient (Wildman–Crippen LogP) is 2.23. The molecule has 0 saturated carbocycles. The maximum atomic E-state index is 12.3. The number of amides is 3. The van der Waals surface area contributed by atoms with Crippen molar-refractivity contribution >= 4 is 40.5 Å². The first kappa shape index (κ1) is 24.1. The summed E-state index contributed by atoms with van der Waals surface area (Å²) in [6, 6.07) is 6.06. The standard InChI is InChI=1S/C24H29N3O6S/c28-15(4-1-2-6-20-23-18(13-34-20)26-24(32)27-23)5-3-9-25-21(30)10-14-11-22(31)33-19-12-16(29)7-8-17(14)19/h7-8,11-12,18,20,23,29H,1-6,9-10,13H2,(H,25,30)(H2,26,27,32). The fourth-order valence-corrected chi connectivity index (χ4v) is 6.09. The Bertz CT molecular complexity index is 1130. The second-order valence-corrected chi connectivity index (χ2v) is 10.1. The zero-order valence-electron chi connectivity index (χ0n) is 18.8. The number of rotatable bonds is 11. The van der Waals surface area contributed by atoms with Gasteiger partial charge in [-0.25, -0.2) is 9.59 Å². The van der Waals surface area contributed by atoms with Crippen LogP contribution in [-0.4, -0.2) is 52.5 Å². The summed E-state index contributed by atoms with van der Waals surface area (Å²) < 4.78 is 5.08. The van der Waals surface area contributed by atoms with Gasteiger partial charge in [0.1, 0.15) is 17.1 Å². The van der Waals surface area contributed by atoms with Crippen LogP contribution in [-0.2, 0) is 16.0 Å². The Morgan fingerprint density at radius 2 is 1.94 bits per heavy atom. The number of phenols is 1. The average Bonchev–Trinajstić information content (AvgIpc) is 3.33. The maximum absolute atomic E-state index is 12.3. The van der Waals surface area contributed by atoms with E-state index in [1.807, 2.05) is 11.8 Å². The molecule has 0 spiro atoms. The number of thioether (sulfide) groups is 1. The van der Waals surface area contributed by atoms with Gasteiger partial charge in [0.05, 0.1) is 18.5 Å². The Balaban J connectivity index is 1.11. The van der Waals surface area contributed by atoms with Crippen molar-refractivity contribution in [3.05, 3.63) is 40.2 Å². The molecule has 0 bridgehead atoms. The van der Waals surface area contributed by atoms with Gasteiger partial charge in [-0.1, -0.05) is 6.42 Å². The van der Waals surface area contributed by atoms with Gasteiger partial charge in [-0.15, -0.1) is 0 Å². The highest BCUT2D eigenvalue weighted by molar-refractivity contribution is 8.00. The minimum Gasteiger partial charge on any atom is -0.508 e. The highest BCUT2D eigenvalue weighted by Gasteiger charge is 2.42. The Labute approximate surface area is 201 Å². The van der Waals surface area contributed by atoms with Gasteiger partial charge in [0.25, 0.3) is 0 Å². The molecule has 4 N–H and O–H groups in total. The first-order valence-electron chi connectivity index (χ1n) is 11.6. The molecule has 1 aromatic heterocycles. The monoisotopic (exact) mass is 487 g/mol. The zero-order chi connectivity index (χ0) is 24.1. The molecule has 34 heavy (non-hydrogen) atoms. The van der Waals surface area contributed by atoms with Crippen molar-refractivity contribution < 1.29 is 23.9 Å². The molecule has 3 atom stereocenters. The fraction of sp³-hybridized carbons (Fsp3) is 0.500. The quantitative estimate of drug-likeness (QED) is 0.217. The average molecular weight is 488 g/mol. The van der Waals surface area contributed by atoms with Gasteiger partial charge in [0, 0.05) is 47.9 Å². The SMILES string of the molecule is O=C(CCCCC1SCC2NC(=O)NC21)CCCNC(=O)Cc1cc(=O)oc2cc(O)ccc12. The molecule has 3 heterocycles. The van der Waals surface area contributed by atoms with Crippen LogP contribution in [0.4, 0.5) is 4.79 Å². The summed E-state index contributed by atoms with van der Waals surface area (Å²) in [5, 5.41) is 19.3. The minimum absolute atomic E-state index is 0.0117. The molecule has 2 saturated heterocycles. The third-order valence-corrected chi connectivity index (χ3v) is 7.76. The third-order valence-electron chi connectivity index (χ3n) is 6.25. The van der Waals surface area contributed by atoms with Gasteiger partial charge in [-0.05, 0) is 37.0 Å². The molecule has 4 rings (SSSR count). The van der Waals surface area contributed by atoms with Crippen molar-refractivity contribution in [2.75, 3.05) is 12.3 Å². The smallest absolute Gasteiger partial charge is 0.336 e. The summed E-state index contributed by atoms with van der Waals surface area (Å²) in [5.41, 5.74) is 0.180. The van der Waals surface area contributed by atoms with Gasteiger partial charge in [-0.2, -0.15) is 11.8 Å². The molecule has 1 aromatic carbocycles. The van der Waals surface area contributed by atoms with Crippen LogP contribution >= 0.6 is 11.8 Å². The Kier molecular flexibility index (Phi) is 7.77. The number of urea groups is 1. The van der Waals surface area contributed by atoms with Crippen molar-refractivity contribution in [1.29, 1.82) is 0 Å². The second kappa shape index (κ2) is 10.9. The van der Waals surface area contributed by atoms with Crippen molar-refractivity contribution in [3.8, 4) is 5.75 Å². The van der Waals surface area contributed by atoms with Crippen LogP contribution in [0, 0.1) is 0 Å².